The lowest BCUT2D eigenvalue weighted by Gasteiger charge is -2.34. The predicted molar refractivity (Wildman–Crippen MR) is 200 cm³/mol. The van der Waals surface area contributed by atoms with Crippen molar-refractivity contribution in [3.63, 3.8) is 0 Å². The van der Waals surface area contributed by atoms with Gasteiger partial charge < -0.3 is 34.6 Å². The molecule has 16 nitrogen and oxygen atoms in total. The first-order valence-corrected chi connectivity index (χ1v) is 19.9. The van der Waals surface area contributed by atoms with Crippen molar-refractivity contribution in [2.24, 2.45) is 5.92 Å². The number of pyridine rings is 1. The number of carbonyl (C=O) groups is 5. The van der Waals surface area contributed by atoms with Gasteiger partial charge in [0, 0.05) is 49.0 Å². The molecular weight excluding hydrogens is 733 g/mol. The number of amides is 5. The molecule has 2 saturated heterocycles. The van der Waals surface area contributed by atoms with Crippen LogP contribution in [0.3, 0.4) is 0 Å². The molecule has 2 aliphatic carbocycles. The number of ether oxygens (including phenoxy) is 3. The number of aromatic nitrogens is 1. The monoisotopic (exact) mass is 780 g/mol. The van der Waals surface area contributed by atoms with E-state index in [9.17, 15) is 32.4 Å². The van der Waals surface area contributed by atoms with Crippen LogP contribution in [0.25, 0.3) is 10.8 Å². The summed E-state index contributed by atoms with van der Waals surface area (Å²) in [7, 11) is -2.38. The molecule has 2 aromatic rings. The number of likely N-dealkylation sites (tertiary alicyclic amines) is 2. The van der Waals surface area contributed by atoms with E-state index in [2.05, 4.69) is 33.5 Å². The minimum Gasteiger partial charge on any atom is -0.497 e. The van der Waals surface area contributed by atoms with Crippen LogP contribution in [0.15, 0.2) is 55.4 Å². The maximum Gasteiger partial charge on any atom is 0.408 e. The van der Waals surface area contributed by atoms with Gasteiger partial charge in [-0.3, -0.25) is 23.9 Å². The SMILES string of the molecule is C=CC1CC1(NC(=O)C1CC(Oc2nccc3cc(OC)ccc23)CN1C(=O)C(CCC(=O)N1CCC1=C)NC(=O)OC(C)(C)C)C(=O)NS(=O)(=O)C1CC1. The molecule has 0 spiro atoms. The van der Waals surface area contributed by atoms with Crippen LogP contribution in [0.1, 0.15) is 65.7 Å². The zero-order chi connectivity index (χ0) is 39.9. The molecule has 5 atom stereocenters. The number of nitrogens with zero attached hydrogens (tertiary/aromatic N) is 3. The molecule has 296 valence electrons. The number of hydrogen-bond donors (Lipinski definition) is 3. The minimum atomic E-state index is -3.94. The summed E-state index contributed by atoms with van der Waals surface area (Å²) in [6.45, 7) is 13.0. The van der Waals surface area contributed by atoms with Gasteiger partial charge in [0.1, 0.15) is 35.1 Å². The average Bonchev–Trinajstić information content (AvgIpc) is 4.05. The van der Waals surface area contributed by atoms with Crippen molar-refractivity contribution in [2.75, 3.05) is 20.2 Å². The number of alkyl carbamates (subject to hydrolysis) is 1. The number of benzene rings is 1. The number of methoxy groups -OCH3 is 1. The lowest BCUT2D eigenvalue weighted by molar-refractivity contribution is -0.141. The van der Waals surface area contributed by atoms with Crippen LogP contribution in [0.5, 0.6) is 11.6 Å². The van der Waals surface area contributed by atoms with Crippen LogP contribution in [-0.2, 0) is 33.9 Å². The summed E-state index contributed by atoms with van der Waals surface area (Å²) in [5.74, 6) is -2.26. The number of hydrogen-bond acceptors (Lipinski definition) is 11. The summed E-state index contributed by atoms with van der Waals surface area (Å²) in [4.78, 5) is 75.6. The summed E-state index contributed by atoms with van der Waals surface area (Å²) >= 11 is 0. The molecule has 5 unspecified atom stereocenters. The van der Waals surface area contributed by atoms with E-state index in [1.807, 2.05) is 6.07 Å². The van der Waals surface area contributed by atoms with Gasteiger partial charge in [0.05, 0.1) is 18.9 Å². The number of carbonyl (C=O) groups excluding carboxylic acids is 5. The van der Waals surface area contributed by atoms with E-state index in [1.54, 1.807) is 52.3 Å². The molecule has 55 heavy (non-hydrogen) atoms. The first-order valence-electron chi connectivity index (χ1n) is 18.3. The van der Waals surface area contributed by atoms with Crippen LogP contribution in [-0.4, -0.2) is 108 Å². The van der Waals surface area contributed by atoms with Gasteiger partial charge in [-0.1, -0.05) is 12.7 Å². The summed E-state index contributed by atoms with van der Waals surface area (Å²) < 4.78 is 44.7. The molecule has 1 aromatic carbocycles. The molecule has 3 heterocycles. The van der Waals surface area contributed by atoms with Crippen LogP contribution in [0, 0.1) is 5.92 Å². The second kappa shape index (κ2) is 15.2. The molecule has 5 amide bonds. The standard InChI is InChI=1S/C38H48N6O10S/c1-7-24-20-38(24,35(48)42-55(50,51)27-9-10-27)41-32(46)30-19-26(53-33-28-11-8-25(52-6)18-23(28)14-16-39-33)21-44(30)34(47)29(40-36(49)54-37(3,4)5)12-13-31(45)43-17-15-22(43)2/h7-8,11,14,16,18,24,26-27,29-30H,1-2,9-10,12-13,15,17,19-21H2,3-6H3,(H,40,49)(H,41,46)(H,42,48). The van der Waals surface area contributed by atoms with Gasteiger partial charge in [0.25, 0.3) is 5.91 Å². The van der Waals surface area contributed by atoms with Crippen LogP contribution in [0.2, 0.25) is 0 Å². The van der Waals surface area contributed by atoms with E-state index in [-0.39, 0.29) is 44.0 Å². The van der Waals surface area contributed by atoms with Gasteiger partial charge in [0.2, 0.25) is 33.6 Å². The normalized spacial score (nSPS) is 23.9. The Kier molecular flexibility index (Phi) is 10.9. The maximum absolute atomic E-state index is 14.6. The second-order valence-corrected chi connectivity index (χ2v) is 17.4. The molecule has 1 aromatic heterocycles. The molecule has 3 N–H and O–H groups in total. The van der Waals surface area contributed by atoms with Crippen LogP contribution >= 0.6 is 0 Å². The number of sulfonamides is 1. The first-order chi connectivity index (χ1) is 25.9. The number of rotatable bonds is 14. The predicted octanol–water partition coefficient (Wildman–Crippen LogP) is 2.68. The molecule has 0 bridgehead atoms. The Morgan fingerprint density at radius 2 is 1.89 bits per heavy atom. The molecule has 2 aliphatic heterocycles. The first kappa shape index (κ1) is 39.5. The third-order valence-electron chi connectivity index (χ3n) is 10.3. The Morgan fingerprint density at radius 1 is 1.15 bits per heavy atom. The zero-order valence-electron chi connectivity index (χ0n) is 31.5. The van der Waals surface area contributed by atoms with E-state index in [4.69, 9.17) is 14.2 Å². The highest BCUT2D eigenvalue weighted by molar-refractivity contribution is 7.91. The van der Waals surface area contributed by atoms with Crippen molar-refractivity contribution in [3.05, 3.63) is 55.4 Å². The number of nitrogens with one attached hydrogen (secondary N) is 3. The third kappa shape index (κ3) is 8.71. The molecule has 6 rings (SSSR count). The molecular formula is C38H48N6O10S. The summed E-state index contributed by atoms with van der Waals surface area (Å²) in [6.07, 6.45) is 2.72. The third-order valence-corrected chi connectivity index (χ3v) is 12.1. The Bertz CT molecular complexity index is 2030. The Hall–Kier alpha value is -5.19. The van der Waals surface area contributed by atoms with Crippen molar-refractivity contribution in [1.29, 1.82) is 0 Å². The summed E-state index contributed by atoms with van der Waals surface area (Å²) in [5, 5.41) is 6.12. The van der Waals surface area contributed by atoms with Crippen molar-refractivity contribution >= 4 is 50.5 Å². The highest BCUT2D eigenvalue weighted by atomic mass is 32.2. The summed E-state index contributed by atoms with van der Waals surface area (Å²) in [6, 6.07) is 4.60. The topological polar surface area (TPSA) is 203 Å². The van der Waals surface area contributed by atoms with E-state index in [0.29, 0.717) is 42.6 Å². The van der Waals surface area contributed by atoms with Gasteiger partial charge in [-0.2, -0.15) is 0 Å². The zero-order valence-corrected chi connectivity index (χ0v) is 32.3. The highest BCUT2D eigenvalue weighted by Gasteiger charge is 2.62. The smallest absolute Gasteiger partial charge is 0.408 e. The van der Waals surface area contributed by atoms with Crippen LogP contribution in [0.4, 0.5) is 4.79 Å². The Balaban J connectivity index is 1.28. The minimum absolute atomic E-state index is 0.0473. The molecule has 0 radical (unpaired) electrons. The fourth-order valence-corrected chi connectivity index (χ4v) is 8.26. The van der Waals surface area contributed by atoms with Gasteiger partial charge in [-0.05, 0) is 76.1 Å². The Labute approximate surface area is 320 Å². The quantitative estimate of drug-likeness (QED) is 0.238. The van der Waals surface area contributed by atoms with Crippen molar-refractivity contribution in [2.45, 2.75) is 100 Å². The molecule has 4 fully saturated rings. The van der Waals surface area contributed by atoms with Crippen LogP contribution < -0.4 is 24.8 Å². The van der Waals surface area contributed by atoms with E-state index < -0.39 is 74.3 Å². The van der Waals surface area contributed by atoms with E-state index in [1.165, 1.54) is 15.9 Å². The Morgan fingerprint density at radius 3 is 2.49 bits per heavy atom. The molecule has 17 heteroatoms. The van der Waals surface area contributed by atoms with Gasteiger partial charge in [-0.25, -0.2) is 18.2 Å². The van der Waals surface area contributed by atoms with Crippen molar-refractivity contribution in [1.82, 2.24) is 30.1 Å². The lowest BCUT2D eigenvalue weighted by Crippen LogP contribution is -2.58. The van der Waals surface area contributed by atoms with Gasteiger partial charge in [0.15, 0.2) is 0 Å². The maximum atomic E-state index is 14.6. The molecule has 4 aliphatic rings. The van der Waals surface area contributed by atoms with Crippen molar-refractivity contribution in [3.8, 4) is 11.6 Å². The van der Waals surface area contributed by atoms with E-state index in [0.717, 1.165) is 5.39 Å². The summed E-state index contributed by atoms with van der Waals surface area (Å²) in [5.41, 5.74) is -1.85. The van der Waals surface area contributed by atoms with Crippen molar-refractivity contribution < 1.29 is 46.6 Å². The molecule has 2 saturated carbocycles. The average molecular weight is 781 g/mol. The van der Waals surface area contributed by atoms with Gasteiger partial charge >= 0.3 is 6.09 Å². The fraction of sp³-hybridized carbons (Fsp3) is 0.526. The van der Waals surface area contributed by atoms with E-state index >= 15 is 0 Å². The lowest BCUT2D eigenvalue weighted by atomic mass is 10.1. The largest absolute Gasteiger partial charge is 0.497 e. The van der Waals surface area contributed by atoms with Gasteiger partial charge in [-0.15, -0.1) is 6.58 Å². The number of fused-ring (bicyclic) bond motifs is 1. The fourth-order valence-electron chi connectivity index (χ4n) is 6.89. The highest BCUT2D eigenvalue weighted by Crippen LogP contribution is 2.45. The second-order valence-electron chi connectivity index (χ2n) is 15.5.